The van der Waals surface area contributed by atoms with Crippen molar-refractivity contribution >= 4 is 22.5 Å². The van der Waals surface area contributed by atoms with E-state index in [1.165, 1.54) is 11.6 Å². The van der Waals surface area contributed by atoms with E-state index in [1.54, 1.807) is 24.3 Å². The van der Waals surface area contributed by atoms with Crippen LogP contribution in [0, 0.1) is 18.6 Å². The van der Waals surface area contributed by atoms with Crippen LogP contribution in [0.5, 0.6) is 0 Å². The summed E-state index contributed by atoms with van der Waals surface area (Å²) in [5.74, 6) is -2.63. The van der Waals surface area contributed by atoms with Gasteiger partial charge in [-0.2, -0.15) is 0 Å². The van der Waals surface area contributed by atoms with Crippen LogP contribution in [0.15, 0.2) is 72.8 Å². The monoisotopic (exact) mass is 374 g/mol. The predicted octanol–water partition coefficient (Wildman–Crippen LogP) is 5.74. The van der Waals surface area contributed by atoms with Gasteiger partial charge < -0.3 is 5.32 Å². The number of carbonyl (C=O) groups excluding carboxylic acids is 1. The van der Waals surface area contributed by atoms with Crippen molar-refractivity contribution in [2.45, 2.75) is 6.92 Å². The summed E-state index contributed by atoms with van der Waals surface area (Å²) in [7, 11) is 0. The van der Waals surface area contributed by atoms with Crippen LogP contribution < -0.4 is 5.32 Å². The molecule has 0 saturated heterocycles. The topological polar surface area (TPSA) is 42.0 Å². The van der Waals surface area contributed by atoms with Gasteiger partial charge in [0.05, 0.1) is 11.2 Å². The highest BCUT2D eigenvalue weighted by atomic mass is 19.1. The summed E-state index contributed by atoms with van der Waals surface area (Å²) in [6.07, 6.45) is 0. The lowest BCUT2D eigenvalue weighted by atomic mass is 10.1. The molecule has 4 rings (SSSR count). The molecular formula is C23H16F2N2O. The molecule has 0 aliphatic heterocycles. The third kappa shape index (κ3) is 3.47. The molecule has 0 atom stereocenters. The van der Waals surface area contributed by atoms with E-state index >= 15 is 0 Å². The molecule has 0 fully saturated rings. The molecule has 1 aromatic heterocycles. The van der Waals surface area contributed by atoms with E-state index in [9.17, 15) is 13.6 Å². The average Bonchev–Trinajstić information content (AvgIpc) is 2.68. The zero-order valence-corrected chi connectivity index (χ0v) is 15.0. The van der Waals surface area contributed by atoms with Crippen LogP contribution in [0.2, 0.25) is 0 Å². The van der Waals surface area contributed by atoms with Gasteiger partial charge in [0.15, 0.2) is 0 Å². The van der Waals surface area contributed by atoms with Gasteiger partial charge in [-0.05, 0) is 49.4 Å². The molecular weight excluding hydrogens is 358 g/mol. The van der Waals surface area contributed by atoms with Gasteiger partial charge in [-0.15, -0.1) is 0 Å². The number of halogens is 2. The van der Waals surface area contributed by atoms with Crippen LogP contribution in [-0.2, 0) is 0 Å². The van der Waals surface area contributed by atoms with E-state index in [0.29, 0.717) is 5.69 Å². The summed E-state index contributed by atoms with van der Waals surface area (Å²) in [6, 6.07) is 20.3. The first-order chi connectivity index (χ1) is 13.5. The van der Waals surface area contributed by atoms with Crippen molar-refractivity contribution in [3.63, 3.8) is 0 Å². The second-order valence-corrected chi connectivity index (χ2v) is 6.52. The number of carbonyl (C=O) groups is 1. The van der Waals surface area contributed by atoms with E-state index in [0.717, 1.165) is 34.3 Å². The molecule has 0 spiro atoms. The van der Waals surface area contributed by atoms with Crippen molar-refractivity contribution in [1.29, 1.82) is 0 Å². The molecule has 5 heteroatoms. The molecule has 0 bridgehead atoms. The van der Waals surface area contributed by atoms with Gasteiger partial charge in [-0.25, -0.2) is 13.8 Å². The lowest BCUT2D eigenvalue weighted by Gasteiger charge is -2.08. The van der Waals surface area contributed by atoms with Crippen molar-refractivity contribution in [3.8, 4) is 11.3 Å². The quantitative estimate of drug-likeness (QED) is 0.497. The maximum Gasteiger partial charge on any atom is 0.261 e. The Morgan fingerprint density at radius 3 is 2.32 bits per heavy atom. The van der Waals surface area contributed by atoms with Crippen molar-refractivity contribution in [1.82, 2.24) is 4.98 Å². The maximum absolute atomic E-state index is 13.7. The van der Waals surface area contributed by atoms with Crippen LogP contribution in [0.25, 0.3) is 22.2 Å². The number of nitrogens with one attached hydrogen (secondary N) is 1. The Morgan fingerprint density at radius 1 is 0.893 bits per heavy atom. The van der Waals surface area contributed by atoms with Crippen LogP contribution in [-0.4, -0.2) is 10.9 Å². The van der Waals surface area contributed by atoms with Gasteiger partial charge in [0.2, 0.25) is 0 Å². The Morgan fingerprint density at radius 2 is 1.61 bits per heavy atom. The van der Waals surface area contributed by atoms with E-state index in [4.69, 9.17) is 0 Å². The lowest BCUT2D eigenvalue weighted by Crippen LogP contribution is -2.15. The fourth-order valence-corrected chi connectivity index (χ4v) is 3.04. The van der Waals surface area contributed by atoms with Crippen molar-refractivity contribution in [2.75, 3.05) is 5.32 Å². The zero-order chi connectivity index (χ0) is 19.7. The fourth-order valence-electron chi connectivity index (χ4n) is 3.04. The molecule has 0 unspecified atom stereocenters. The second-order valence-electron chi connectivity index (χ2n) is 6.52. The zero-order valence-electron chi connectivity index (χ0n) is 15.0. The molecule has 0 aliphatic rings. The van der Waals surface area contributed by atoms with Crippen LogP contribution >= 0.6 is 0 Å². The third-order valence-corrected chi connectivity index (χ3v) is 4.47. The number of hydrogen-bond donors (Lipinski definition) is 1. The summed E-state index contributed by atoms with van der Waals surface area (Å²) in [4.78, 5) is 16.8. The second kappa shape index (κ2) is 7.19. The molecule has 0 aliphatic carbocycles. The minimum absolute atomic E-state index is 0.438. The van der Waals surface area contributed by atoms with Crippen molar-refractivity contribution < 1.29 is 13.6 Å². The number of nitrogens with zero attached hydrogens (tertiary/aromatic N) is 1. The van der Waals surface area contributed by atoms with Crippen molar-refractivity contribution in [2.24, 2.45) is 0 Å². The largest absolute Gasteiger partial charge is 0.322 e. The SMILES string of the molecule is Cc1ccc2nc(-c3ccc(NC(=O)c4c(F)cccc4F)cc3)ccc2c1. The average molecular weight is 374 g/mol. The molecule has 1 N–H and O–H groups in total. The van der Waals surface area contributed by atoms with Crippen LogP contribution in [0.4, 0.5) is 14.5 Å². The van der Waals surface area contributed by atoms with E-state index in [1.807, 2.05) is 31.2 Å². The van der Waals surface area contributed by atoms with Gasteiger partial charge in [-0.3, -0.25) is 4.79 Å². The first kappa shape index (κ1) is 17.8. The number of aromatic nitrogens is 1. The Labute approximate surface area is 160 Å². The third-order valence-electron chi connectivity index (χ3n) is 4.47. The molecule has 28 heavy (non-hydrogen) atoms. The molecule has 1 amide bonds. The number of aryl methyl sites for hydroxylation is 1. The number of fused-ring (bicyclic) bond motifs is 1. The van der Waals surface area contributed by atoms with Crippen LogP contribution in [0.3, 0.4) is 0 Å². The predicted molar refractivity (Wildman–Crippen MR) is 106 cm³/mol. The van der Waals surface area contributed by atoms with E-state index < -0.39 is 23.1 Å². The van der Waals surface area contributed by atoms with Gasteiger partial charge in [0, 0.05) is 16.6 Å². The molecule has 3 aromatic carbocycles. The first-order valence-corrected chi connectivity index (χ1v) is 8.74. The normalized spacial score (nSPS) is 10.8. The smallest absolute Gasteiger partial charge is 0.261 e. The summed E-state index contributed by atoms with van der Waals surface area (Å²) < 4.78 is 27.5. The number of pyridine rings is 1. The minimum Gasteiger partial charge on any atom is -0.322 e. The van der Waals surface area contributed by atoms with E-state index in [2.05, 4.69) is 16.4 Å². The molecule has 3 nitrogen and oxygen atoms in total. The van der Waals surface area contributed by atoms with Gasteiger partial charge in [0.1, 0.15) is 17.2 Å². The summed E-state index contributed by atoms with van der Waals surface area (Å²) in [5.41, 5.74) is 3.58. The number of benzene rings is 3. The van der Waals surface area contributed by atoms with Gasteiger partial charge in [-0.1, -0.05) is 35.9 Å². The molecule has 0 radical (unpaired) electrons. The minimum atomic E-state index is -0.898. The highest BCUT2D eigenvalue weighted by Gasteiger charge is 2.17. The Balaban J connectivity index is 1.57. The summed E-state index contributed by atoms with van der Waals surface area (Å²) in [5, 5.41) is 3.58. The summed E-state index contributed by atoms with van der Waals surface area (Å²) >= 11 is 0. The maximum atomic E-state index is 13.7. The molecule has 0 saturated carbocycles. The van der Waals surface area contributed by atoms with E-state index in [-0.39, 0.29) is 0 Å². The fraction of sp³-hybridized carbons (Fsp3) is 0.0435. The van der Waals surface area contributed by atoms with Gasteiger partial charge in [0.25, 0.3) is 5.91 Å². The Hall–Kier alpha value is -3.60. The Bertz CT molecular complexity index is 1170. The van der Waals surface area contributed by atoms with Crippen molar-refractivity contribution in [3.05, 3.63) is 95.6 Å². The number of amides is 1. The number of hydrogen-bond acceptors (Lipinski definition) is 2. The van der Waals surface area contributed by atoms with Gasteiger partial charge >= 0.3 is 0 Å². The first-order valence-electron chi connectivity index (χ1n) is 8.74. The highest BCUT2D eigenvalue weighted by Crippen LogP contribution is 2.24. The molecule has 1 heterocycles. The highest BCUT2D eigenvalue weighted by molar-refractivity contribution is 6.04. The standard InChI is InChI=1S/C23H16F2N2O/c1-14-5-11-21-16(13-14)8-12-20(27-21)15-6-9-17(10-7-15)26-23(28)22-18(24)3-2-4-19(22)25/h2-13H,1H3,(H,26,28). The molecule has 4 aromatic rings. The summed E-state index contributed by atoms with van der Waals surface area (Å²) in [6.45, 7) is 2.04. The Kier molecular flexibility index (Phi) is 4.57. The number of anilines is 1. The number of rotatable bonds is 3. The molecule has 138 valence electrons. The lowest BCUT2D eigenvalue weighted by molar-refractivity contribution is 0.101. The van der Waals surface area contributed by atoms with Crippen LogP contribution in [0.1, 0.15) is 15.9 Å².